The molecule has 4 nitrogen and oxygen atoms in total. The van der Waals surface area contributed by atoms with E-state index in [0.29, 0.717) is 18.8 Å². The Bertz CT molecular complexity index is 556. The molecule has 0 bridgehead atoms. The second-order valence-corrected chi connectivity index (χ2v) is 5.73. The van der Waals surface area contributed by atoms with Crippen LogP contribution >= 0.6 is 0 Å². The highest BCUT2D eigenvalue weighted by molar-refractivity contribution is 5.99. The summed E-state index contributed by atoms with van der Waals surface area (Å²) in [6, 6.07) is 4.24. The molecule has 0 aromatic heterocycles. The Labute approximate surface area is 123 Å². The lowest BCUT2D eigenvalue weighted by atomic mass is 9.95. The fourth-order valence-electron chi connectivity index (χ4n) is 2.57. The van der Waals surface area contributed by atoms with E-state index in [0.717, 1.165) is 0 Å². The van der Waals surface area contributed by atoms with Gasteiger partial charge in [0.05, 0.1) is 17.0 Å². The highest BCUT2D eigenvalue weighted by Crippen LogP contribution is 2.30. The molecular weight excluding hydrogens is 273 g/mol. The van der Waals surface area contributed by atoms with Gasteiger partial charge in [-0.3, -0.25) is 9.59 Å². The maximum Gasteiger partial charge on any atom is 0.311 e. The molecule has 0 saturated carbocycles. The lowest BCUT2D eigenvalue weighted by molar-refractivity contribution is -0.156. The largest absolute Gasteiger partial charge is 0.437 e. The predicted molar refractivity (Wildman–Crippen MR) is 75.9 cm³/mol. The number of hydrogen-bond acceptors (Lipinski definition) is 3. The molecule has 0 aliphatic carbocycles. The molecule has 1 aromatic rings. The minimum absolute atomic E-state index is 0.121. The van der Waals surface area contributed by atoms with Crippen molar-refractivity contribution < 1.29 is 18.7 Å². The standard InChI is InChI=1S/C16H20FNO3/c1-4-10(8-9(2)3)16(20)21-15-13-11(14(19)18-15)6-5-7-12(13)17/h5-7,9-10,15H,4,8H2,1-3H3,(H,18,19). The summed E-state index contributed by atoms with van der Waals surface area (Å²) in [7, 11) is 0. The summed E-state index contributed by atoms with van der Waals surface area (Å²) >= 11 is 0. The van der Waals surface area contributed by atoms with Crippen LogP contribution in [-0.2, 0) is 9.53 Å². The Kier molecular flexibility index (Phi) is 4.60. The monoisotopic (exact) mass is 293 g/mol. The first kappa shape index (κ1) is 15.5. The number of esters is 1. The fourth-order valence-corrected chi connectivity index (χ4v) is 2.57. The van der Waals surface area contributed by atoms with Gasteiger partial charge in [0, 0.05) is 0 Å². The number of halogens is 1. The van der Waals surface area contributed by atoms with Gasteiger partial charge < -0.3 is 10.1 Å². The number of ether oxygens (including phenoxy) is 1. The van der Waals surface area contributed by atoms with Crippen LogP contribution in [0.1, 0.15) is 55.8 Å². The second-order valence-electron chi connectivity index (χ2n) is 5.73. The SMILES string of the molecule is CCC(CC(C)C)C(=O)OC1NC(=O)c2cccc(F)c21. The van der Waals surface area contributed by atoms with Crippen molar-refractivity contribution in [2.45, 2.75) is 39.8 Å². The Balaban J connectivity index is 2.15. The molecule has 2 unspecified atom stereocenters. The van der Waals surface area contributed by atoms with Crippen molar-refractivity contribution in [2.75, 3.05) is 0 Å². The Morgan fingerprint density at radius 2 is 2.14 bits per heavy atom. The molecule has 0 radical (unpaired) electrons. The zero-order chi connectivity index (χ0) is 15.6. The van der Waals surface area contributed by atoms with Gasteiger partial charge in [-0.15, -0.1) is 0 Å². The molecule has 5 heteroatoms. The van der Waals surface area contributed by atoms with E-state index in [2.05, 4.69) is 5.32 Å². The first-order valence-electron chi connectivity index (χ1n) is 7.23. The molecule has 1 amide bonds. The van der Waals surface area contributed by atoms with Gasteiger partial charge in [-0.05, 0) is 30.9 Å². The average Bonchev–Trinajstić information content (AvgIpc) is 2.73. The number of carbonyl (C=O) groups excluding carboxylic acids is 2. The normalized spacial score (nSPS) is 18.3. The van der Waals surface area contributed by atoms with Crippen LogP contribution in [0.15, 0.2) is 18.2 Å². The summed E-state index contributed by atoms with van der Waals surface area (Å²) in [4.78, 5) is 24.0. The maximum absolute atomic E-state index is 13.9. The molecular formula is C16H20FNO3. The zero-order valence-electron chi connectivity index (χ0n) is 12.5. The van der Waals surface area contributed by atoms with Gasteiger partial charge in [-0.1, -0.05) is 26.8 Å². The van der Waals surface area contributed by atoms with Gasteiger partial charge in [0.1, 0.15) is 5.82 Å². The summed E-state index contributed by atoms with van der Waals surface area (Å²) < 4.78 is 19.2. The maximum atomic E-state index is 13.9. The number of rotatable bonds is 5. The van der Waals surface area contributed by atoms with Gasteiger partial charge in [-0.2, -0.15) is 0 Å². The third-order valence-corrected chi connectivity index (χ3v) is 3.64. The molecule has 0 saturated heterocycles. The van der Waals surface area contributed by atoms with E-state index in [1.165, 1.54) is 18.2 Å². The molecule has 1 heterocycles. The van der Waals surface area contributed by atoms with Crippen molar-refractivity contribution >= 4 is 11.9 Å². The number of fused-ring (bicyclic) bond motifs is 1. The van der Waals surface area contributed by atoms with E-state index in [1.54, 1.807) is 0 Å². The number of amides is 1. The lowest BCUT2D eigenvalue weighted by Crippen LogP contribution is -2.28. The van der Waals surface area contributed by atoms with Crippen LogP contribution in [0.25, 0.3) is 0 Å². The quantitative estimate of drug-likeness (QED) is 0.848. The van der Waals surface area contributed by atoms with E-state index in [1.807, 2.05) is 20.8 Å². The number of hydrogen-bond donors (Lipinski definition) is 1. The van der Waals surface area contributed by atoms with Crippen LogP contribution in [-0.4, -0.2) is 11.9 Å². The summed E-state index contributed by atoms with van der Waals surface area (Å²) in [5.41, 5.74) is 0.347. The number of carbonyl (C=O) groups is 2. The summed E-state index contributed by atoms with van der Waals surface area (Å²) in [6.07, 6.45) is 0.337. The van der Waals surface area contributed by atoms with Crippen LogP contribution < -0.4 is 5.32 Å². The molecule has 0 spiro atoms. The molecule has 114 valence electrons. The second kappa shape index (κ2) is 6.24. The Morgan fingerprint density at radius 3 is 2.76 bits per heavy atom. The van der Waals surface area contributed by atoms with Crippen LogP contribution in [0.2, 0.25) is 0 Å². The van der Waals surface area contributed by atoms with E-state index < -0.39 is 23.9 Å². The third-order valence-electron chi connectivity index (χ3n) is 3.64. The average molecular weight is 293 g/mol. The van der Waals surface area contributed by atoms with Crippen LogP contribution in [0.3, 0.4) is 0 Å². The van der Waals surface area contributed by atoms with Crippen molar-refractivity contribution in [3.05, 3.63) is 35.1 Å². The smallest absolute Gasteiger partial charge is 0.311 e. The lowest BCUT2D eigenvalue weighted by Gasteiger charge is -2.20. The van der Waals surface area contributed by atoms with E-state index in [-0.39, 0.29) is 17.0 Å². The summed E-state index contributed by atoms with van der Waals surface area (Å²) in [6.45, 7) is 5.97. The molecule has 21 heavy (non-hydrogen) atoms. The highest BCUT2D eigenvalue weighted by atomic mass is 19.1. The van der Waals surface area contributed by atoms with E-state index >= 15 is 0 Å². The van der Waals surface area contributed by atoms with Crippen molar-refractivity contribution in [3.8, 4) is 0 Å². The molecule has 2 atom stereocenters. The minimum atomic E-state index is -1.03. The van der Waals surface area contributed by atoms with E-state index in [9.17, 15) is 14.0 Å². The Hall–Kier alpha value is -1.91. The van der Waals surface area contributed by atoms with Gasteiger partial charge in [0.15, 0.2) is 0 Å². The van der Waals surface area contributed by atoms with Crippen molar-refractivity contribution in [1.29, 1.82) is 0 Å². The first-order valence-corrected chi connectivity index (χ1v) is 7.23. The van der Waals surface area contributed by atoms with Crippen LogP contribution in [0.5, 0.6) is 0 Å². The molecule has 2 rings (SSSR count). The molecule has 1 N–H and O–H groups in total. The molecule has 1 aliphatic rings. The summed E-state index contributed by atoms with van der Waals surface area (Å²) in [5, 5.41) is 2.50. The molecule has 0 fully saturated rings. The molecule has 1 aliphatic heterocycles. The minimum Gasteiger partial charge on any atom is -0.437 e. The van der Waals surface area contributed by atoms with Crippen molar-refractivity contribution in [2.24, 2.45) is 11.8 Å². The van der Waals surface area contributed by atoms with Gasteiger partial charge in [-0.25, -0.2) is 4.39 Å². The van der Waals surface area contributed by atoms with Gasteiger partial charge >= 0.3 is 5.97 Å². The van der Waals surface area contributed by atoms with E-state index in [4.69, 9.17) is 4.74 Å². The van der Waals surface area contributed by atoms with Crippen molar-refractivity contribution in [3.63, 3.8) is 0 Å². The van der Waals surface area contributed by atoms with Crippen LogP contribution in [0.4, 0.5) is 4.39 Å². The van der Waals surface area contributed by atoms with Crippen LogP contribution in [0, 0.1) is 17.7 Å². The predicted octanol–water partition coefficient (Wildman–Crippen LogP) is 3.18. The zero-order valence-corrected chi connectivity index (χ0v) is 12.5. The summed E-state index contributed by atoms with van der Waals surface area (Å²) in [5.74, 6) is -1.23. The van der Waals surface area contributed by atoms with Crippen molar-refractivity contribution in [1.82, 2.24) is 5.32 Å². The first-order chi connectivity index (χ1) is 9.93. The number of nitrogens with one attached hydrogen (secondary N) is 1. The number of benzene rings is 1. The van der Waals surface area contributed by atoms with Gasteiger partial charge in [0.25, 0.3) is 5.91 Å². The fraction of sp³-hybridized carbons (Fsp3) is 0.500. The van der Waals surface area contributed by atoms with Gasteiger partial charge in [0.2, 0.25) is 6.23 Å². The topological polar surface area (TPSA) is 55.4 Å². The Morgan fingerprint density at radius 1 is 1.43 bits per heavy atom. The highest BCUT2D eigenvalue weighted by Gasteiger charge is 2.35. The third kappa shape index (κ3) is 3.23. The molecule has 1 aromatic carbocycles.